The number of nitrogens with zero attached hydrogens (tertiary/aromatic N) is 1. The van der Waals surface area contributed by atoms with Crippen molar-refractivity contribution in [2.24, 2.45) is 0 Å². The number of pyridine rings is 1. The molecule has 0 saturated heterocycles. The lowest BCUT2D eigenvalue weighted by Crippen LogP contribution is -2.19. The number of hydrogen-bond donors (Lipinski definition) is 1. The van der Waals surface area contributed by atoms with Crippen LogP contribution in [0, 0.1) is 6.92 Å². The highest BCUT2D eigenvalue weighted by Gasteiger charge is 2.13. The van der Waals surface area contributed by atoms with Crippen LogP contribution in [0.3, 0.4) is 0 Å². The van der Waals surface area contributed by atoms with Crippen molar-refractivity contribution in [2.75, 3.05) is 14.2 Å². The molecular formula is C15H18N2O. The summed E-state index contributed by atoms with van der Waals surface area (Å²) < 4.78 is 5.26. The minimum Gasteiger partial charge on any atom is -0.497 e. The van der Waals surface area contributed by atoms with Gasteiger partial charge in [0.25, 0.3) is 0 Å². The third-order valence-corrected chi connectivity index (χ3v) is 2.92. The Morgan fingerprint density at radius 2 is 1.94 bits per heavy atom. The van der Waals surface area contributed by atoms with Crippen LogP contribution in [0.5, 0.6) is 5.75 Å². The van der Waals surface area contributed by atoms with E-state index in [4.69, 9.17) is 4.74 Å². The second-order valence-electron chi connectivity index (χ2n) is 4.20. The Morgan fingerprint density at radius 3 is 2.61 bits per heavy atom. The molecule has 1 unspecified atom stereocenters. The summed E-state index contributed by atoms with van der Waals surface area (Å²) in [6.07, 6.45) is 0. The fraction of sp³-hybridized carbons (Fsp3) is 0.267. The number of benzene rings is 1. The highest BCUT2D eigenvalue weighted by Crippen LogP contribution is 2.23. The molecule has 0 spiro atoms. The smallest absolute Gasteiger partial charge is 0.119 e. The maximum atomic E-state index is 5.26. The molecule has 0 saturated carbocycles. The molecule has 0 aliphatic heterocycles. The monoisotopic (exact) mass is 242 g/mol. The van der Waals surface area contributed by atoms with Gasteiger partial charge >= 0.3 is 0 Å². The van der Waals surface area contributed by atoms with Crippen molar-refractivity contribution >= 4 is 0 Å². The molecule has 0 aliphatic carbocycles. The number of hydrogen-bond acceptors (Lipinski definition) is 3. The minimum absolute atomic E-state index is 0.0833. The van der Waals surface area contributed by atoms with E-state index in [0.717, 1.165) is 22.7 Å². The highest BCUT2D eigenvalue weighted by atomic mass is 16.5. The van der Waals surface area contributed by atoms with E-state index in [-0.39, 0.29) is 6.04 Å². The van der Waals surface area contributed by atoms with Crippen molar-refractivity contribution in [3.8, 4) is 5.75 Å². The van der Waals surface area contributed by atoms with Gasteiger partial charge in [0.1, 0.15) is 5.75 Å². The summed E-state index contributed by atoms with van der Waals surface area (Å²) in [6.45, 7) is 2.00. The maximum Gasteiger partial charge on any atom is 0.119 e. The summed E-state index contributed by atoms with van der Waals surface area (Å²) >= 11 is 0. The van der Waals surface area contributed by atoms with E-state index in [2.05, 4.69) is 16.4 Å². The molecule has 2 rings (SSSR count). The van der Waals surface area contributed by atoms with Crippen molar-refractivity contribution in [3.63, 3.8) is 0 Å². The number of nitrogens with one attached hydrogen (secondary N) is 1. The first-order valence-electron chi connectivity index (χ1n) is 5.99. The molecular weight excluding hydrogens is 224 g/mol. The molecule has 0 aliphatic rings. The van der Waals surface area contributed by atoms with Crippen LogP contribution in [0.1, 0.15) is 23.0 Å². The lowest BCUT2D eigenvalue weighted by molar-refractivity contribution is 0.413. The SMILES string of the molecule is CNC(c1cccc(OC)c1)c1cccc(C)n1. The van der Waals surface area contributed by atoms with Crippen LogP contribution in [0.25, 0.3) is 0 Å². The Bertz CT molecular complexity index is 525. The molecule has 18 heavy (non-hydrogen) atoms. The molecule has 0 bridgehead atoms. The van der Waals surface area contributed by atoms with Crippen LogP contribution < -0.4 is 10.1 Å². The number of ether oxygens (including phenoxy) is 1. The van der Waals surface area contributed by atoms with Gasteiger partial charge in [0.2, 0.25) is 0 Å². The first kappa shape index (κ1) is 12.6. The Hall–Kier alpha value is -1.87. The lowest BCUT2D eigenvalue weighted by atomic mass is 10.0. The predicted molar refractivity (Wildman–Crippen MR) is 72.9 cm³/mol. The van der Waals surface area contributed by atoms with Crippen LogP contribution in [0.4, 0.5) is 0 Å². The van der Waals surface area contributed by atoms with E-state index >= 15 is 0 Å². The zero-order valence-electron chi connectivity index (χ0n) is 11.0. The molecule has 2 aromatic rings. The normalized spacial score (nSPS) is 12.2. The van der Waals surface area contributed by atoms with E-state index in [0.29, 0.717) is 0 Å². The van der Waals surface area contributed by atoms with Gasteiger partial charge in [-0.3, -0.25) is 4.98 Å². The summed E-state index contributed by atoms with van der Waals surface area (Å²) in [5, 5.41) is 3.30. The van der Waals surface area contributed by atoms with Gasteiger partial charge in [-0.1, -0.05) is 18.2 Å². The zero-order valence-corrected chi connectivity index (χ0v) is 11.0. The van der Waals surface area contributed by atoms with Crippen molar-refractivity contribution in [1.29, 1.82) is 0 Å². The van der Waals surface area contributed by atoms with Crippen molar-refractivity contribution < 1.29 is 4.74 Å². The Morgan fingerprint density at radius 1 is 1.17 bits per heavy atom. The van der Waals surface area contributed by atoms with Crippen LogP contribution in [-0.2, 0) is 0 Å². The topological polar surface area (TPSA) is 34.1 Å². The molecule has 0 radical (unpaired) electrons. The molecule has 1 atom stereocenters. The lowest BCUT2D eigenvalue weighted by Gasteiger charge is -2.17. The van der Waals surface area contributed by atoms with E-state index in [9.17, 15) is 0 Å². The molecule has 1 N–H and O–H groups in total. The third-order valence-electron chi connectivity index (χ3n) is 2.92. The van der Waals surface area contributed by atoms with Gasteiger partial charge in [0.05, 0.1) is 18.8 Å². The van der Waals surface area contributed by atoms with Gasteiger partial charge in [0, 0.05) is 5.69 Å². The predicted octanol–water partition coefficient (Wildman–Crippen LogP) is 2.71. The fourth-order valence-corrected chi connectivity index (χ4v) is 2.03. The largest absolute Gasteiger partial charge is 0.497 e. The number of rotatable bonds is 4. The second kappa shape index (κ2) is 5.65. The first-order valence-corrected chi connectivity index (χ1v) is 5.99. The molecule has 3 nitrogen and oxygen atoms in total. The molecule has 3 heteroatoms. The average Bonchev–Trinajstić information content (AvgIpc) is 2.40. The molecule has 0 fully saturated rings. The highest BCUT2D eigenvalue weighted by molar-refractivity contribution is 5.34. The van der Waals surface area contributed by atoms with E-state index in [1.165, 1.54) is 0 Å². The third kappa shape index (κ3) is 2.68. The zero-order chi connectivity index (χ0) is 13.0. The van der Waals surface area contributed by atoms with E-state index in [1.54, 1.807) is 7.11 Å². The number of aromatic nitrogens is 1. The summed E-state index contributed by atoms with van der Waals surface area (Å²) in [7, 11) is 3.62. The van der Waals surface area contributed by atoms with Gasteiger partial charge in [-0.05, 0) is 43.8 Å². The van der Waals surface area contributed by atoms with Crippen molar-refractivity contribution in [3.05, 3.63) is 59.4 Å². The summed E-state index contributed by atoms with van der Waals surface area (Å²) in [6, 6.07) is 14.2. The van der Waals surface area contributed by atoms with E-state index in [1.807, 2.05) is 50.4 Å². The van der Waals surface area contributed by atoms with Crippen LogP contribution in [-0.4, -0.2) is 19.1 Å². The Balaban J connectivity index is 2.38. The van der Waals surface area contributed by atoms with Gasteiger partial charge in [-0.15, -0.1) is 0 Å². The van der Waals surface area contributed by atoms with Gasteiger partial charge in [-0.2, -0.15) is 0 Å². The average molecular weight is 242 g/mol. The summed E-state index contributed by atoms with van der Waals surface area (Å²) in [4.78, 5) is 4.57. The molecule has 0 amide bonds. The summed E-state index contributed by atoms with van der Waals surface area (Å²) in [5.41, 5.74) is 3.19. The second-order valence-corrected chi connectivity index (χ2v) is 4.20. The standard InChI is InChI=1S/C15H18N2O/c1-11-6-4-9-14(17-11)15(16-2)12-7-5-8-13(10-12)18-3/h4-10,15-16H,1-3H3. The molecule has 1 aromatic heterocycles. The fourth-order valence-electron chi connectivity index (χ4n) is 2.03. The quantitative estimate of drug-likeness (QED) is 0.895. The summed E-state index contributed by atoms with van der Waals surface area (Å²) in [5.74, 6) is 0.861. The van der Waals surface area contributed by atoms with Crippen LogP contribution in [0.2, 0.25) is 0 Å². The van der Waals surface area contributed by atoms with Crippen molar-refractivity contribution in [2.45, 2.75) is 13.0 Å². The van der Waals surface area contributed by atoms with Crippen molar-refractivity contribution in [1.82, 2.24) is 10.3 Å². The maximum absolute atomic E-state index is 5.26. The number of methoxy groups -OCH3 is 1. The van der Waals surface area contributed by atoms with Crippen LogP contribution >= 0.6 is 0 Å². The number of aryl methyl sites for hydroxylation is 1. The van der Waals surface area contributed by atoms with E-state index < -0.39 is 0 Å². The van der Waals surface area contributed by atoms with Gasteiger partial charge in [0.15, 0.2) is 0 Å². The Labute approximate surface area is 108 Å². The molecule has 1 aromatic carbocycles. The van der Waals surface area contributed by atoms with Gasteiger partial charge < -0.3 is 10.1 Å². The Kier molecular flexibility index (Phi) is 3.95. The molecule has 94 valence electrons. The minimum atomic E-state index is 0.0833. The molecule has 1 heterocycles. The van der Waals surface area contributed by atoms with Gasteiger partial charge in [-0.25, -0.2) is 0 Å². The first-order chi connectivity index (χ1) is 8.74. The van der Waals surface area contributed by atoms with Crippen LogP contribution in [0.15, 0.2) is 42.5 Å².